The number of fused-ring (bicyclic) bond motifs is 3. The fourth-order valence-corrected chi connectivity index (χ4v) is 7.88. The number of para-hydroxylation sites is 1. The molecule has 0 N–H and O–H groups in total. The van der Waals surface area contributed by atoms with Crippen molar-refractivity contribution in [3.63, 3.8) is 0 Å². The summed E-state index contributed by atoms with van der Waals surface area (Å²) in [6, 6.07) is 52.2. The molecule has 3 nitrogen and oxygen atoms in total. The van der Waals surface area contributed by atoms with E-state index in [1.807, 2.05) is 54.7 Å². The monoisotopic (exact) mass is 843 g/mol. The molecule has 8 rings (SSSR count). The van der Waals surface area contributed by atoms with Crippen LogP contribution in [0.1, 0.15) is 16.7 Å². The molecule has 8 aromatic rings. The predicted octanol–water partition coefficient (Wildman–Crippen LogP) is 11.1. The van der Waals surface area contributed by atoms with Crippen LogP contribution in [0.4, 0.5) is 0 Å². The van der Waals surface area contributed by atoms with Crippen LogP contribution in [-0.2, 0) is 26.5 Å². The van der Waals surface area contributed by atoms with E-state index in [2.05, 4.69) is 135 Å². The van der Waals surface area contributed by atoms with E-state index in [1.165, 1.54) is 27.4 Å². The molecule has 0 fully saturated rings. The Morgan fingerprint density at radius 3 is 2.10 bits per heavy atom. The molecule has 0 bridgehead atoms. The van der Waals surface area contributed by atoms with Gasteiger partial charge in [0, 0.05) is 37.9 Å². The Bertz CT molecular complexity index is 2350. The normalized spacial score (nSPS) is 11.1. The number of furan rings is 1. The second kappa shape index (κ2) is 15.3. The summed E-state index contributed by atoms with van der Waals surface area (Å²) in [5.74, 6) is 0. The third-order valence-electron chi connectivity index (χ3n) is 8.80. The van der Waals surface area contributed by atoms with E-state index in [9.17, 15) is 0 Å². The second-order valence-electron chi connectivity index (χ2n) is 13.4. The summed E-state index contributed by atoms with van der Waals surface area (Å²) in [7, 11) is -1.43. The number of pyridine rings is 2. The second-order valence-corrected chi connectivity index (χ2v) is 18.4. The smallest absolute Gasteiger partial charge is 0.120 e. The molecular formula is C45H38IrN2OSi-2. The third-order valence-corrected chi connectivity index (χ3v) is 10.9. The molecule has 249 valence electrons. The van der Waals surface area contributed by atoms with Crippen molar-refractivity contribution in [2.45, 2.75) is 33.0 Å². The Kier molecular flexibility index (Phi) is 10.7. The summed E-state index contributed by atoms with van der Waals surface area (Å²) in [5.41, 5.74) is 11.8. The Morgan fingerprint density at radius 1 is 0.660 bits per heavy atom. The van der Waals surface area contributed by atoms with E-state index in [0.29, 0.717) is 0 Å². The number of aryl methyl sites for hydroxylation is 1. The van der Waals surface area contributed by atoms with Crippen molar-refractivity contribution in [3.8, 4) is 33.6 Å². The molecule has 1 radical (unpaired) electrons. The number of rotatable bonds is 6. The molecule has 0 saturated heterocycles. The zero-order chi connectivity index (χ0) is 33.8. The molecule has 3 heterocycles. The third kappa shape index (κ3) is 7.61. The average molecular weight is 843 g/mol. The van der Waals surface area contributed by atoms with Crippen molar-refractivity contribution in [1.82, 2.24) is 9.97 Å². The maximum Gasteiger partial charge on any atom is 0.120 e. The fraction of sp³-hybridized carbons (Fsp3) is 0.111. The van der Waals surface area contributed by atoms with Crippen molar-refractivity contribution in [1.29, 1.82) is 0 Å². The van der Waals surface area contributed by atoms with Gasteiger partial charge in [-0.05, 0) is 58.2 Å². The number of nitrogens with zero attached hydrogens (tertiary/aromatic N) is 2. The summed E-state index contributed by atoms with van der Waals surface area (Å²) < 4.78 is 6.14. The van der Waals surface area contributed by atoms with Crippen LogP contribution in [0.5, 0.6) is 0 Å². The van der Waals surface area contributed by atoms with Crippen molar-refractivity contribution in [2.75, 3.05) is 0 Å². The van der Waals surface area contributed by atoms with Crippen LogP contribution >= 0.6 is 0 Å². The van der Waals surface area contributed by atoms with Gasteiger partial charge in [-0.3, -0.25) is 0 Å². The number of hydrogen-bond acceptors (Lipinski definition) is 3. The van der Waals surface area contributed by atoms with Crippen LogP contribution < -0.4 is 5.19 Å². The minimum absolute atomic E-state index is 0. The Balaban J connectivity index is 0.000000171. The fourth-order valence-electron chi connectivity index (χ4n) is 6.30. The quantitative estimate of drug-likeness (QED) is 0.124. The molecule has 0 aliphatic rings. The first-order chi connectivity index (χ1) is 23.8. The molecule has 5 heteroatoms. The van der Waals surface area contributed by atoms with E-state index >= 15 is 0 Å². The molecule has 0 aliphatic carbocycles. The topological polar surface area (TPSA) is 38.9 Å². The molecule has 0 amide bonds. The summed E-state index contributed by atoms with van der Waals surface area (Å²) in [6.07, 6.45) is 4.98. The molecule has 0 unspecified atom stereocenters. The van der Waals surface area contributed by atoms with Gasteiger partial charge in [-0.2, -0.15) is 0 Å². The molecule has 0 aliphatic heterocycles. The van der Waals surface area contributed by atoms with Crippen molar-refractivity contribution in [3.05, 3.63) is 175 Å². The minimum Gasteiger partial charge on any atom is -0.501 e. The van der Waals surface area contributed by atoms with Gasteiger partial charge in [0.2, 0.25) is 0 Å². The van der Waals surface area contributed by atoms with Gasteiger partial charge in [-0.15, -0.1) is 54.1 Å². The SMILES string of the molecule is C[Si](C)(C)c1cnc(-c2[c-]cccc2)cc1Cc1ccccc1.Cc1cnc(-c2[c-]ccc3c2oc2ccccc23)cc1-c1ccccc1.[Ir]. The number of benzene rings is 5. The van der Waals surface area contributed by atoms with E-state index in [4.69, 9.17) is 9.40 Å². The van der Waals surface area contributed by atoms with Crippen LogP contribution in [0.15, 0.2) is 150 Å². The Morgan fingerprint density at radius 2 is 1.36 bits per heavy atom. The first kappa shape index (κ1) is 34.9. The molecule has 0 atom stereocenters. The molecule has 3 aromatic heterocycles. The molecular weight excluding hydrogens is 805 g/mol. The largest absolute Gasteiger partial charge is 0.501 e. The van der Waals surface area contributed by atoms with Gasteiger partial charge < -0.3 is 14.4 Å². The van der Waals surface area contributed by atoms with Crippen LogP contribution in [0.3, 0.4) is 0 Å². The van der Waals surface area contributed by atoms with Gasteiger partial charge >= 0.3 is 0 Å². The molecule has 0 saturated carbocycles. The van der Waals surface area contributed by atoms with Gasteiger partial charge in [0.1, 0.15) is 5.58 Å². The first-order valence-corrected chi connectivity index (χ1v) is 20.2. The first-order valence-electron chi connectivity index (χ1n) is 16.7. The van der Waals surface area contributed by atoms with Crippen molar-refractivity contribution >= 4 is 35.2 Å². The molecule has 5 aromatic carbocycles. The average Bonchev–Trinajstić information content (AvgIpc) is 3.52. The minimum atomic E-state index is -1.43. The Labute approximate surface area is 309 Å². The summed E-state index contributed by atoms with van der Waals surface area (Å²) in [6.45, 7) is 9.23. The van der Waals surface area contributed by atoms with Crippen LogP contribution in [0.2, 0.25) is 19.6 Å². The maximum absolute atomic E-state index is 6.14. The van der Waals surface area contributed by atoms with E-state index in [0.717, 1.165) is 56.4 Å². The van der Waals surface area contributed by atoms with E-state index in [1.54, 1.807) is 0 Å². The summed E-state index contributed by atoms with van der Waals surface area (Å²) >= 11 is 0. The molecule has 0 spiro atoms. The van der Waals surface area contributed by atoms with E-state index in [-0.39, 0.29) is 20.1 Å². The van der Waals surface area contributed by atoms with Gasteiger partial charge in [-0.1, -0.05) is 127 Å². The number of hydrogen-bond donors (Lipinski definition) is 0. The van der Waals surface area contributed by atoms with Gasteiger partial charge in [0.25, 0.3) is 0 Å². The molecule has 50 heavy (non-hydrogen) atoms. The van der Waals surface area contributed by atoms with Gasteiger partial charge in [0.15, 0.2) is 0 Å². The van der Waals surface area contributed by atoms with Crippen LogP contribution in [-0.4, -0.2) is 18.0 Å². The predicted molar refractivity (Wildman–Crippen MR) is 207 cm³/mol. The van der Waals surface area contributed by atoms with Crippen LogP contribution in [0.25, 0.3) is 55.6 Å². The zero-order valence-electron chi connectivity index (χ0n) is 28.7. The maximum atomic E-state index is 6.14. The summed E-state index contributed by atoms with van der Waals surface area (Å²) in [4.78, 5) is 9.38. The van der Waals surface area contributed by atoms with Crippen molar-refractivity contribution < 1.29 is 24.5 Å². The van der Waals surface area contributed by atoms with Crippen LogP contribution in [0, 0.1) is 19.1 Å². The van der Waals surface area contributed by atoms with E-state index < -0.39 is 8.07 Å². The zero-order valence-corrected chi connectivity index (χ0v) is 32.1. The van der Waals surface area contributed by atoms with Gasteiger partial charge in [0.05, 0.1) is 13.7 Å². The van der Waals surface area contributed by atoms with Crippen molar-refractivity contribution in [2.24, 2.45) is 0 Å². The standard InChI is InChI=1S/C24H16NO.C21H22NSi.Ir/c1-16-15-25-22(14-21(16)17-8-3-2-4-9-17)20-12-7-11-19-18-10-5-6-13-23(18)26-24(19)20;1-23(2,3)21-16-22-20(18-12-8-5-9-13-18)15-19(21)14-17-10-6-4-7-11-17;/h2-11,13-15H,1H3;4-12,15-16H,14H2,1-3H3;/q2*-1;. The summed E-state index contributed by atoms with van der Waals surface area (Å²) in [5, 5.41) is 3.66. The number of aromatic nitrogens is 2. The van der Waals surface area contributed by atoms with Gasteiger partial charge in [-0.25, -0.2) is 0 Å². The Hall–Kier alpha value is -4.93.